The van der Waals surface area contributed by atoms with Crippen LogP contribution in [0.5, 0.6) is 0 Å². The third-order valence-electron chi connectivity index (χ3n) is 2.97. The molecule has 0 saturated heterocycles. The van der Waals surface area contributed by atoms with Gasteiger partial charge in [0.1, 0.15) is 0 Å². The zero-order valence-corrected chi connectivity index (χ0v) is 15.2. The molecule has 0 unspecified atom stereocenters. The van der Waals surface area contributed by atoms with Crippen LogP contribution in [-0.2, 0) is 26.6 Å². The Kier molecular flexibility index (Phi) is 8.08. The van der Waals surface area contributed by atoms with E-state index in [0.29, 0.717) is 0 Å². The smallest absolute Gasteiger partial charge is 0.295 e. The maximum atomic E-state index is 10.7. The molecule has 1 N–H and O–H groups in total. The van der Waals surface area contributed by atoms with Crippen molar-refractivity contribution < 1.29 is 42.6 Å². The van der Waals surface area contributed by atoms with E-state index in [0.717, 1.165) is 22.5 Å². The van der Waals surface area contributed by atoms with Crippen LogP contribution in [0.2, 0.25) is 0 Å². The van der Waals surface area contributed by atoms with Gasteiger partial charge >= 0.3 is 15.6 Å². The number of benzene rings is 1. The molecule has 10 heteroatoms. The van der Waals surface area contributed by atoms with Gasteiger partial charge in [0.15, 0.2) is 0 Å². The number of hydrogen-bond donors (Lipinski definition) is 1. The third kappa shape index (κ3) is 6.74. The first kappa shape index (κ1) is 22.8. The van der Waals surface area contributed by atoms with E-state index >= 15 is 0 Å². The van der Waals surface area contributed by atoms with Gasteiger partial charge in [-0.3, -0.25) is 14.5 Å². The molecule has 5 nitrogen and oxygen atoms in total. The summed E-state index contributed by atoms with van der Waals surface area (Å²) in [5.74, 6) is 0. The first-order valence-electron chi connectivity index (χ1n) is 7.07. The zero-order chi connectivity index (χ0) is 19.2. The predicted molar refractivity (Wildman–Crippen MR) is 89.3 cm³/mol. The van der Waals surface area contributed by atoms with Crippen LogP contribution in [-0.4, -0.2) is 28.4 Å². The Morgan fingerprint density at radius 3 is 1.52 bits per heavy atom. The molecule has 0 spiro atoms. The van der Waals surface area contributed by atoms with Crippen molar-refractivity contribution in [2.75, 3.05) is 0 Å². The minimum Gasteiger partial charge on any atom is -0.295 e. The number of hydrogen-bond acceptors (Lipinski definition) is 4. The van der Waals surface area contributed by atoms with Crippen molar-refractivity contribution in [1.29, 1.82) is 0 Å². The van der Waals surface area contributed by atoms with Gasteiger partial charge in [0.05, 0.1) is 0 Å². The summed E-state index contributed by atoms with van der Waals surface area (Å²) in [6.45, 7) is 0. The van der Waals surface area contributed by atoms with E-state index in [1.807, 2.05) is 54.6 Å². The first-order chi connectivity index (χ1) is 12.2. The Hall–Kier alpha value is -2.29. The molecule has 0 radical (unpaired) electrons. The van der Waals surface area contributed by atoms with Crippen molar-refractivity contribution in [3.05, 3.63) is 73.1 Å². The molecule has 0 aliphatic heterocycles. The molecular formula is C17H12F3N2NiO3S-. The molecule has 27 heavy (non-hydrogen) atoms. The number of aromatic nitrogens is 2. The van der Waals surface area contributed by atoms with Gasteiger partial charge in [0.25, 0.3) is 0 Å². The van der Waals surface area contributed by atoms with Crippen molar-refractivity contribution in [1.82, 2.24) is 9.97 Å². The van der Waals surface area contributed by atoms with Crippen LogP contribution in [0.25, 0.3) is 22.5 Å². The van der Waals surface area contributed by atoms with Crippen LogP contribution in [0.15, 0.2) is 67.0 Å². The average Bonchev–Trinajstić information content (AvgIpc) is 2.62. The van der Waals surface area contributed by atoms with Crippen LogP contribution in [0, 0.1) is 6.07 Å². The molecule has 0 bridgehead atoms. The fraction of sp³-hybridized carbons (Fsp3) is 0.0588. The summed E-state index contributed by atoms with van der Waals surface area (Å²) in [6.07, 6.45) is 3.58. The summed E-state index contributed by atoms with van der Waals surface area (Å²) < 4.78 is 57.5. The van der Waals surface area contributed by atoms with Gasteiger partial charge in [-0.2, -0.15) is 21.6 Å². The minimum absolute atomic E-state index is 0. The summed E-state index contributed by atoms with van der Waals surface area (Å²) >= 11 is 0. The van der Waals surface area contributed by atoms with Gasteiger partial charge in [0, 0.05) is 40.3 Å². The van der Waals surface area contributed by atoms with Crippen molar-refractivity contribution >= 4 is 10.1 Å². The summed E-state index contributed by atoms with van der Waals surface area (Å²) in [4.78, 5) is 8.66. The molecule has 3 aromatic rings. The Bertz CT molecular complexity index is 899. The van der Waals surface area contributed by atoms with E-state index in [1.165, 1.54) is 0 Å². The number of nitrogens with zero attached hydrogens (tertiary/aromatic N) is 2. The number of alkyl halides is 3. The van der Waals surface area contributed by atoms with E-state index in [2.05, 4.69) is 16.0 Å². The van der Waals surface area contributed by atoms with Crippen molar-refractivity contribution in [2.45, 2.75) is 5.51 Å². The van der Waals surface area contributed by atoms with Crippen LogP contribution in [0.1, 0.15) is 0 Å². The zero-order valence-electron chi connectivity index (χ0n) is 13.4. The van der Waals surface area contributed by atoms with Crippen molar-refractivity contribution in [3.8, 4) is 22.5 Å². The maximum absolute atomic E-state index is 10.7. The molecule has 0 saturated carbocycles. The molecule has 0 aliphatic rings. The molecule has 3 rings (SSSR count). The Labute approximate surface area is 164 Å². The molecule has 1 aromatic carbocycles. The SMILES string of the molecule is O=S(=O)(O)C(F)(F)F.[Ni].[c-]1c(-c2ccccn2)cccc1-c1ccccn1. The number of rotatable bonds is 2. The molecule has 146 valence electrons. The second-order valence-electron chi connectivity index (χ2n) is 4.83. The quantitative estimate of drug-likeness (QED) is 0.282. The molecule has 0 atom stereocenters. The normalized spacial score (nSPS) is 11.0. The predicted octanol–water partition coefficient (Wildman–Crippen LogP) is 4.00. The van der Waals surface area contributed by atoms with Gasteiger partial charge in [-0.25, -0.2) is 0 Å². The van der Waals surface area contributed by atoms with Gasteiger partial charge < -0.3 is 0 Å². The van der Waals surface area contributed by atoms with E-state index < -0.39 is 15.6 Å². The van der Waals surface area contributed by atoms with E-state index in [9.17, 15) is 13.2 Å². The third-order valence-corrected chi connectivity index (χ3v) is 3.55. The van der Waals surface area contributed by atoms with Crippen molar-refractivity contribution in [3.63, 3.8) is 0 Å². The topological polar surface area (TPSA) is 80.2 Å². The largest absolute Gasteiger partial charge is 0.522 e. The molecule has 2 heterocycles. The van der Waals surface area contributed by atoms with Crippen LogP contribution >= 0.6 is 0 Å². The number of halogens is 3. The molecule has 0 aliphatic carbocycles. The van der Waals surface area contributed by atoms with Gasteiger partial charge in [0.2, 0.25) is 0 Å². The Morgan fingerprint density at radius 1 is 0.815 bits per heavy atom. The van der Waals surface area contributed by atoms with E-state index in [1.54, 1.807) is 12.4 Å². The van der Waals surface area contributed by atoms with Crippen molar-refractivity contribution in [2.24, 2.45) is 0 Å². The summed E-state index contributed by atoms with van der Waals surface area (Å²) in [5.41, 5.74) is -1.71. The standard InChI is InChI=1S/C16H11N2.CHF3O3S.Ni/c1-3-10-17-15(8-1)13-6-5-7-14(12-13)16-9-2-4-11-18-16;2-1(3,4)8(5,6)7;/h1-11H;(H,5,6,7);/q-1;;. The Balaban J connectivity index is 0.000000350. The van der Waals surface area contributed by atoms with Gasteiger partial charge in [-0.05, 0) is 12.1 Å². The fourth-order valence-corrected chi connectivity index (χ4v) is 1.81. The van der Waals surface area contributed by atoms with Crippen LogP contribution in [0.4, 0.5) is 13.2 Å². The maximum Gasteiger partial charge on any atom is 0.522 e. The average molecular weight is 440 g/mol. The molecule has 0 amide bonds. The Morgan fingerprint density at radius 2 is 1.22 bits per heavy atom. The van der Waals surface area contributed by atoms with Crippen LogP contribution < -0.4 is 0 Å². The molecule has 2 aromatic heterocycles. The minimum atomic E-state index is -5.84. The molecule has 0 fully saturated rings. The number of pyridine rings is 2. The van der Waals surface area contributed by atoms with E-state index in [4.69, 9.17) is 13.0 Å². The first-order valence-corrected chi connectivity index (χ1v) is 8.51. The molecular weight excluding hydrogens is 428 g/mol. The van der Waals surface area contributed by atoms with E-state index in [-0.39, 0.29) is 16.5 Å². The van der Waals surface area contributed by atoms with Gasteiger partial charge in [-0.15, -0.1) is 24.3 Å². The van der Waals surface area contributed by atoms with Crippen LogP contribution in [0.3, 0.4) is 0 Å². The summed E-state index contributed by atoms with van der Waals surface area (Å²) in [6, 6.07) is 21.1. The summed E-state index contributed by atoms with van der Waals surface area (Å²) in [7, 11) is -5.84. The fourth-order valence-electron chi connectivity index (χ4n) is 1.81. The monoisotopic (exact) mass is 439 g/mol. The second-order valence-corrected chi connectivity index (χ2v) is 6.24. The second kappa shape index (κ2) is 9.59. The van der Waals surface area contributed by atoms with Gasteiger partial charge in [-0.1, -0.05) is 35.4 Å². The summed E-state index contributed by atoms with van der Waals surface area (Å²) in [5, 5.41) is 0.